The van der Waals surface area contributed by atoms with Gasteiger partial charge in [-0.3, -0.25) is 4.79 Å². The Labute approximate surface area is 186 Å². The molecule has 1 fully saturated rings. The fraction of sp³-hybridized carbons (Fsp3) is 0.667. The second-order valence-corrected chi connectivity index (χ2v) is 9.41. The number of carbonyl (C=O) groups is 2. The Kier molecular flexibility index (Phi) is 9.78. The first kappa shape index (κ1) is 25.1. The number of piperidine rings is 1. The van der Waals surface area contributed by atoms with Gasteiger partial charge in [0, 0.05) is 25.7 Å². The first-order valence-electron chi connectivity index (χ1n) is 11.2. The molecule has 2 unspecified atom stereocenters. The molecule has 0 spiro atoms. The highest BCUT2D eigenvalue weighted by molar-refractivity contribution is 5.76. The van der Waals surface area contributed by atoms with Gasteiger partial charge in [-0.2, -0.15) is 0 Å². The minimum Gasteiger partial charge on any atom is -0.465 e. The smallest absolute Gasteiger partial charge is 0.407 e. The van der Waals surface area contributed by atoms with E-state index in [1.807, 2.05) is 18.2 Å². The molecule has 0 aromatic heterocycles. The van der Waals surface area contributed by atoms with Crippen molar-refractivity contribution in [2.45, 2.75) is 52.5 Å². The van der Waals surface area contributed by atoms with Crippen LogP contribution in [0.25, 0.3) is 0 Å². The van der Waals surface area contributed by atoms with Gasteiger partial charge in [0.25, 0.3) is 0 Å². The third-order valence-electron chi connectivity index (χ3n) is 6.00. The number of hydrogen-bond donors (Lipinski definition) is 2. The highest BCUT2D eigenvalue weighted by atomic mass is 16.5. The SMILES string of the molecule is CC(C)(C)C1CC(CN(CCO)C(=O)CCOCCc2ccccc2)CCN1C(=O)O. The van der Waals surface area contributed by atoms with Crippen LogP contribution in [0.5, 0.6) is 0 Å². The van der Waals surface area contributed by atoms with Crippen molar-refractivity contribution in [3.05, 3.63) is 35.9 Å². The van der Waals surface area contributed by atoms with Gasteiger partial charge in [0.15, 0.2) is 0 Å². The molecule has 2 rings (SSSR count). The Morgan fingerprint density at radius 2 is 1.90 bits per heavy atom. The van der Waals surface area contributed by atoms with E-state index in [0.29, 0.717) is 32.8 Å². The molecule has 7 nitrogen and oxygen atoms in total. The molecule has 0 bridgehead atoms. The number of rotatable bonds is 10. The summed E-state index contributed by atoms with van der Waals surface area (Å²) in [5, 5.41) is 19.0. The van der Waals surface area contributed by atoms with Crippen LogP contribution in [0, 0.1) is 11.3 Å². The lowest BCUT2D eigenvalue weighted by Gasteiger charge is -2.45. The van der Waals surface area contributed by atoms with Gasteiger partial charge in [0.2, 0.25) is 5.91 Å². The van der Waals surface area contributed by atoms with E-state index < -0.39 is 6.09 Å². The number of carbonyl (C=O) groups excluding carboxylic acids is 1. The number of benzene rings is 1. The molecule has 1 aromatic rings. The maximum atomic E-state index is 12.7. The monoisotopic (exact) mass is 434 g/mol. The van der Waals surface area contributed by atoms with Gasteiger partial charge in [0.1, 0.15) is 0 Å². The second kappa shape index (κ2) is 12.1. The van der Waals surface area contributed by atoms with Crippen molar-refractivity contribution < 1.29 is 24.5 Å². The second-order valence-electron chi connectivity index (χ2n) is 9.41. The summed E-state index contributed by atoms with van der Waals surface area (Å²) in [6.07, 6.45) is 1.66. The van der Waals surface area contributed by atoms with E-state index in [1.165, 1.54) is 10.5 Å². The molecule has 0 aliphatic carbocycles. The fourth-order valence-corrected chi connectivity index (χ4v) is 4.26. The predicted molar refractivity (Wildman–Crippen MR) is 120 cm³/mol. The van der Waals surface area contributed by atoms with E-state index in [9.17, 15) is 19.8 Å². The lowest BCUT2D eigenvalue weighted by molar-refractivity contribution is -0.134. The average Bonchev–Trinajstić information content (AvgIpc) is 2.73. The Morgan fingerprint density at radius 3 is 2.52 bits per heavy atom. The van der Waals surface area contributed by atoms with Gasteiger partial charge in [-0.25, -0.2) is 4.79 Å². The van der Waals surface area contributed by atoms with E-state index in [4.69, 9.17) is 4.74 Å². The standard InChI is InChI=1S/C24H38N2O5/c1-24(2,3)21-17-20(9-12-26(21)23(29)30)18-25(13-14-27)22(28)11-16-31-15-10-19-7-5-4-6-8-19/h4-8,20-21,27H,9-18H2,1-3H3,(H,29,30). The summed E-state index contributed by atoms with van der Waals surface area (Å²) >= 11 is 0. The maximum absolute atomic E-state index is 12.7. The first-order chi connectivity index (χ1) is 14.7. The molecule has 7 heteroatoms. The van der Waals surface area contributed by atoms with Crippen LogP contribution in [0.15, 0.2) is 30.3 Å². The van der Waals surface area contributed by atoms with Gasteiger partial charge in [-0.15, -0.1) is 0 Å². The Bertz CT molecular complexity index is 689. The summed E-state index contributed by atoms with van der Waals surface area (Å²) in [6.45, 7) is 8.32. The minimum absolute atomic E-state index is 0.0262. The van der Waals surface area contributed by atoms with E-state index in [0.717, 1.165) is 19.3 Å². The topological polar surface area (TPSA) is 90.3 Å². The van der Waals surface area contributed by atoms with Crippen LogP contribution in [0.1, 0.15) is 45.6 Å². The molecule has 0 radical (unpaired) electrons. The number of hydrogen-bond acceptors (Lipinski definition) is 4. The molecule has 2 atom stereocenters. The van der Waals surface area contributed by atoms with E-state index >= 15 is 0 Å². The van der Waals surface area contributed by atoms with Gasteiger partial charge in [-0.05, 0) is 36.2 Å². The Hall–Kier alpha value is -2.12. The summed E-state index contributed by atoms with van der Waals surface area (Å²) in [7, 11) is 0. The molecule has 2 amide bonds. The van der Waals surface area contributed by atoms with Crippen molar-refractivity contribution in [2.75, 3.05) is 39.5 Å². The van der Waals surface area contributed by atoms with Crippen LogP contribution in [0.3, 0.4) is 0 Å². The lowest BCUT2D eigenvalue weighted by Crippen LogP contribution is -2.53. The molecule has 31 heavy (non-hydrogen) atoms. The molecule has 1 heterocycles. The Morgan fingerprint density at radius 1 is 1.19 bits per heavy atom. The zero-order valence-electron chi connectivity index (χ0n) is 19.1. The summed E-state index contributed by atoms with van der Waals surface area (Å²) in [5.74, 6) is 0.191. The first-order valence-corrected chi connectivity index (χ1v) is 11.2. The summed E-state index contributed by atoms with van der Waals surface area (Å²) in [5.41, 5.74) is 1.03. The largest absolute Gasteiger partial charge is 0.465 e. The molecule has 1 saturated heterocycles. The zero-order chi connectivity index (χ0) is 22.9. The maximum Gasteiger partial charge on any atom is 0.407 e. The highest BCUT2D eigenvalue weighted by Gasteiger charge is 2.39. The number of likely N-dealkylation sites (tertiary alicyclic amines) is 1. The van der Waals surface area contributed by atoms with Crippen LogP contribution in [0.2, 0.25) is 0 Å². The number of carboxylic acid groups (broad SMARTS) is 1. The highest BCUT2D eigenvalue weighted by Crippen LogP contribution is 2.35. The van der Waals surface area contributed by atoms with Crippen molar-refractivity contribution in [3.63, 3.8) is 0 Å². The van der Waals surface area contributed by atoms with Crippen molar-refractivity contribution in [3.8, 4) is 0 Å². The van der Waals surface area contributed by atoms with Crippen LogP contribution < -0.4 is 0 Å². The van der Waals surface area contributed by atoms with Gasteiger partial charge in [0.05, 0.1) is 26.2 Å². The van der Waals surface area contributed by atoms with E-state index in [2.05, 4.69) is 32.9 Å². The van der Waals surface area contributed by atoms with Crippen molar-refractivity contribution in [1.29, 1.82) is 0 Å². The number of nitrogens with zero attached hydrogens (tertiary/aromatic N) is 2. The van der Waals surface area contributed by atoms with Gasteiger partial charge < -0.3 is 24.7 Å². The molecular formula is C24H38N2O5. The number of aliphatic hydroxyl groups excluding tert-OH is 1. The lowest BCUT2D eigenvalue weighted by atomic mass is 9.77. The summed E-state index contributed by atoms with van der Waals surface area (Å²) < 4.78 is 5.65. The zero-order valence-corrected chi connectivity index (χ0v) is 19.1. The summed E-state index contributed by atoms with van der Waals surface area (Å²) in [4.78, 5) is 27.6. The number of aliphatic hydroxyl groups is 1. The van der Waals surface area contributed by atoms with Crippen LogP contribution in [-0.4, -0.2) is 77.5 Å². The van der Waals surface area contributed by atoms with Crippen molar-refractivity contribution in [1.82, 2.24) is 9.80 Å². The minimum atomic E-state index is -0.880. The van der Waals surface area contributed by atoms with E-state index in [-0.39, 0.29) is 36.3 Å². The van der Waals surface area contributed by atoms with Crippen molar-refractivity contribution >= 4 is 12.0 Å². The number of ether oxygens (including phenoxy) is 1. The third kappa shape index (κ3) is 8.15. The van der Waals surface area contributed by atoms with Gasteiger partial charge in [-0.1, -0.05) is 51.1 Å². The van der Waals surface area contributed by atoms with Crippen molar-refractivity contribution in [2.24, 2.45) is 11.3 Å². The molecule has 2 N–H and O–H groups in total. The molecular weight excluding hydrogens is 396 g/mol. The normalized spacial score (nSPS) is 19.3. The summed E-state index contributed by atoms with van der Waals surface area (Å²) in [6, 6.07) is 9.99. The van der Waals surface area contributed by atoms with Crippen LogP contribution in [-0.2, 0) is 16.0 Å². The van der Waals surface area contributed by atoms with Gasteiger partial charge >= 0.3 is 6.09 Å². The van der Waals surface area contributed by atoms with Crippen LogP contribution in [0.4, 0.5) is 4.79 Å². The third-order valence-corrected chi connectivity index (χ3v) is 6.00. The van der Waals surface area contributed by atoms with Crippen LogP contribution >= 0.6 is 0 Å². The van der Waals surface area contributed by atoms with E-state index in [1.54, 1.807) is 4.90 Å². The molecule has 174 valence electrons. The molecule has 1 aromatic carbocycles. The predicted octanol–water partition coefficient (Wildman–Crippen LogP) is 3.26. The Balaban J connectivity index is 1.82. The average molecular weight is 435 g/mol. The molecule has 1 aliphatic heterocycles. The molecule has 0 saturated carbocycles. The quantitative estimate of drug-likeness (QED) is 0.552. The number of amides is 2. The fourth-order valence-electron chi connectivity index (χ4n) is 4.26. The molecule has 1 aliphatic rings.